The molecule has 1 aliphatic heterocycles. The molecule has 16 heavy (non-hydrogen) atoms. The predicted molar refractivity (Wildman–Crippen MR) is 66.7 cm³/mol. The Bertz CT molecular complexity index is 306. The largest absolute Gasteiger partial charge is 0.312 e. The van der Waals surface area contributed by atoms with Crippen LogP contribution in [-0.2, 0) is 0 Å². The van der Waals surface area contributed by atoms with Gasteiger partial charge in [0.15, 0.2) is 0 Å². The maximum atomic E-state index is 4.35. The SMILES string of the molecule is CC1CN(C(C)c2cnccn2)CCN1.Cl. The molecule has 1 aromatic heterocycles. The van der Waals surface area contributed by atoms with Gasteiger partial charge in [0.1, 0.15) is 0 Å². The smallest absolute Gasteiger partial charge is 0.0755 e. The zero-order valence-electron chi connectivity index (χ0n) is 9.76. The van der Waals surface area contributed by atoms with Gasteiger partial charge in [0.2, 0.25) is 0 Å². The number of hydrogen-bond acceptors (Lipinski definition) is 4. The second-order valence-corrected chi connectivity index (χ2v) is 4.16. The van der Waals surface area contributed by atoms with E-state index in [2.05, 4.69) is 34.0 Å². The molecular weight excluding hydrogens is 224 g/mol. The molecule has 5 heteroatoms. The lowest BCUT2D eigenvalue weighted by Gasteiger charge is -2.35. The van der Waals surface area contributed by atoms with E-state index in [0.29, 0.717) is 12.1 Å². The molecule has 1 aromatic rings. The summed E-state index contributed by atoms with van der Waals surface area (Å²) < 4.78 is 0. The minimum atomic E-state index is 0. The van der Waals surface area contributed by atoms with Crippen molar-refractivity contribution in [3.63, 3.8) is 0 Å². The molecule has 2 unspecified atom stereocenters. The lowest BCUT2D eigenvalue weighted by molar-refractivity contribution is 0.156. The summed E-state index contributed by atoms with van der Waals surface area (Å²) in [5.74, 6) is 0. The summed E-state index contributed by atoms with van der Waals surface area (Å²) in [5.41, 5.74) is 1.06. The normalized spacial score (nSPS) is 23.5. The average Bonchev–Trinajstić information content (AvgIpc) is 2.29. The van der Waals surface area contributed by atoms with Crippen molar-refractivity contribution in [3.05, 3.63) is 24.3 Å². The number of aromatic nitrogens is 2. The third-order valence-electron chi connectivity index (χ3n) is 2.96. The summed E-state index contributed by atoms with van der Waals surface area (Å²) >= 11 is 0. The molecule has 0 bridgehead atoms. The predicted octanol–water partition coefficient (Wildman–Crippen LogP) is 1.25. The van der Waals surface area contributed by atoms with E-state index in [-0.39, 0.29) is 12.4 Å². The lowest BCUT2D eigenvalue weighted by Crippen LogP contribution is -2.49. The molecule has 90 valence electrons. The van der Waals surface area contributed by atoms with Crippen molar-refractivity contribution in [2.75, 3.05) is 19.6 Å². The van der Waals surface area contributed by atoms with Gasteiger partial charge in [-0.2, -0.15) is 0 Å². The van der Waals surface area contributed by atoms with E-state index in [1.54, 1.807) is 12.4 Å². The number of nitrogens with one attached hydrogen (secondary N) is 1. The first-order chi connectivity index (χ1) is 7.27. The van der Waals surface area contributed by atoms with Gasteiger partial charge in [0.25, 0.3) is 0 Å². The highest BCUT2D eigenvalue weighted by atomic mass is 35.5. The van der Waals surface area contributed by atoms with Crippen LogP contribution in [0.15, 0.2) is 18.6 Å². The van der Waals surface area contributed by atoms with E-state index in [1.165, 1.54) is 0 Å². The fourth-order valence-corrected chi connectivity index (χ4v) is 2.03. The van der Waals surface area contributed by atoms with E-state index >= 15 is 0 Å². The van der Waals surface area contributed by atoms with Gasteiger partial charge >= 0.3 is 0 Å². The Balaban J connectivity index is 0.00000128. The zero-order chi connectivity index (χ0) is 10.7. The Morgan fingerprint density at radius 2 is 2.31 bits per heavy atom. The van der Waals surface area contributed by atoms with Crippen LogP contribution in [0.2, 0.25) is 0 Å². The number of nitrogens with zero attached hydrogens (tertiary/aromatic N) is 3. The van der Waals surface area contributed by atoms with Crippen LogP contribution in [0.1, 0.15) is 25.6 Å². The molecule has 0 aliphatic carbocycles. The molecule has 1 fully saturated rings. The van der Waals surface area contributed by atoms with E-state index in [1.807, 2.05) is 6.20 Å². The summed E-state index contributed by atoms with van der Waals surface area (Å²) in [6, 6.07) is 0.932. The summed E-state index contributed by atoms with van der Waals surface area (Å²) in [6.45, 7) is 7.64. The molecule has 0 spiro atoms. The second kappa shape index (κ2) is 6.13. The summed E-state index contributed by atoms with van der Waals surface area (Å²) in [7, 11) is 0. The molecule has 1 aliphatic rings. The van der Waals surface area contributed by atoms with Crippen molar-refractivity contribution in [1.82, 2.24) is 20.2 Å². The Morgan fingerprint density at radius 1 is 1.50 bits per heavy atom. The summed E-state index contributed by atoms with van der Waals surface area (Å²) in [5, 5.41) is 3.44. The van der Waals surface area contributed by atoms with Crippen molar-refractivity contribution >= 4 is 12.4 Å². The van der Waals surface area contributed by atoms with E-state index in [9.17, 15) is 0 Å². The van der Waals surface area contributed by atoms with Crippen LogP contribution in [-0.4, -0.2) is 40.5 Å². The molecule has 4 nitrogen and oxygen atoms in total. The number of halogens is 1. The van der Waals surface area contributed by atoms with Crippen molar-refractivity contribution in [2.24, 2.45) is 0 Å². The Morgan fingerprint density at radius 3 is 2.94 bits per heavy atom. The topological polar surface area (TPSA) is 41.1 Å². The fourth-order valence-electron chi connectivity index (χ4n) is 2.03. The van der Waals surface area contributed by atoms with Gasteiger partial charge in [0.05, 0.1) is 11.7 Å². The Hall–Kier alpha value is -0.710. The van der Waals surface area contributed by atoms with E-state index < -0.39 is 0 Å². The van der Waals surface area contributed by atoms with Crippen LogP contribution in [0.5, 0.6) is 0 Å². The Labute approximate surface area is 103 Å². The van der Waals surface area contributed by atoms with Crippen molar-refractivity contribution < 1.29 is 0 Å². The third-order valence-corrected chi connectivity index (χ3v) is 2.96. The number of piperazine rings is 1. The van der Waals surface area contributed by atoms with Gasteiger partial charge in [-0.05, 0) is 13.8 Å². The third kappa shape index (κ3) is 3.14. The molecule has 2 atom stereocenters. The van der Waals surface area contributed by atoms with Gasteiger partial charge < -0.3 is 5.32 Å². The van der Waals surface area contributed by atoms with Crippen LogP contribution < -0.4 is 5.32 Å². The monoisotopic (exact) mass is 242 g/mol. The molecule has 1 saturated heterocycles. The fraction of sp³-hybridized carbons (Fsp3) is 0.636. The van der Waals surface area contributed by atoms with Gasteiger partial charge in [-0.3, -0.25) is 14.9 Å². The van der Waals surface area contributed by atoms with E-state index in [0.717, 1.165) is 25.3 Å². The maximum Gasteiger partial charge on any atom is 0.0755 e. The average molecular weight is 243 g/mol. The minimum absolute atomic E-state index is 0. The highest BCUT2D eigenvalue weighted by molar-refractivity contribution is 5.85. The van der Waals surface area contributed by atoms with Crippen LogP contribution in [0.3, 0.4) is 0 Å². The molecular formula is C11H19ClN4. The first-order valence-corrected chi connectivity index (χ1v) is 5.50. The molecule has 0 saturated carbocycles. The summed E-state index contributed by atoms with van der Waals surface area (Å²) in [6.07, 6.45) is 5.34. The lowest BCUT2D eigenvalue weighted by atomic mass is 10.1. The number of hydrogen-bond donors (Lipinski definition) is 1. The first kappa shape index (κ1) is 13.4. The minimum Gasteiger partial charge on any atom is -0.312 e. The van der Waals surface area contributed by atoms with Crippen molar-refractivity contribution in [3.8, 4) is 0 Å². The zero-order valence-corrected chi connectivity index (χ0v) is 10.6. The quantitative estimate of drug-likeness (QED) is 0.848. The molecule has 1 N–H and O–H groups in total. The van der Waals surface area contributed by atoms with Crippen LogP contribution in [0, 0.1) is 0 Å². The van der Waals surface area contributed by atoms with E-state index in [4.69, 9.17) is 0 Å². The first-order valence-electron chi connectivity index (χ1n) is 5.50. The summed E-state index contributed by atoms with van der Waals surface area (Å²) in [4.78, 5) is 10.9. The van der Waals surface area contributed by atoms with Crippen molar-refractivity contribution in [2.45, 2.75) is 25.9 Å². The number of rotatable bonds is 2. The van der Waals surface area contributed by atoms with Crippen LogP contribution in [0.25, 0.3) is 0 Å². The Kier molecular flexibility index (Phi) is 5.12. The molecule has 2 heterocycles. The molecule has 0 aromatic carbocycles. The molecule has 0 amide bonds. The highest BCUT2D eigenvalue weighted by Gasteiger charge is 2.22. The van der Waals surface area contributed by atoms with Crippen LogP contribution in [0.4, 0.5) is 0 Å². The standard InChI is InChI=1S/C11H18N4.ClH/c1-9-8-15(6-5-13-9)10(2)11-7-12-3-4-14-11;/h3-4,7,9-10,13H,5-6,8H2,1-2H3;1H. The van der Waals surface area contributed by atoms with Gasteiger partial charge in [-0.25, -0.2) is 0 Å². The van der Waals surface area contributed by atoms with Gasteiger partial charge in [-0.15, -0.1) is 12.4 Å². The second-order valence-electron chi connectivity index (χ2n) is 4.16. The van der Waals surface area contributed by atoms with Gasteiger partial charge in [0, 0.05) is 44.3 Å². The van der Waals surface area contributed by atoms with Crippen molar-refractivity contribution in [1.29, 1.82) is 0 Å². The highest BCUT2D eigenvalue weighted by Crippen LogP contribution is 2.18. The maximum absolute atomic E-state index is 4.35. The van der Waals surface area contributed by atoms with Crippen LogP contribution >= 0.6 is 12.4 Å². The molecule has 2 rings (SSSR count). The van der Waals surface area contributed by atoms with Gasteiger partial charge in [-0.1, -0.05) is 0 Å². The molecule has 0 radical (unpaired) electrons.